The summed E-state index contributed by atoms with van der Waals surface area (Å²) in [4.78, 5) is 0. The van der Waals surface area contributed by atoms with Gasteiger partial charge in [0.05, 0.1) is 12.4 Å². The third kappa shape index (κ3) is 2.12. The van der Waals surface area contributed by atoms with Crippen LogP contribution in [0.2, 0.25) is 0 Å². The summed E-state index contributed by atoms with van der Waals surface area (Å²) in [5.74, 6) is 0. The summed E-state index contributed by atoms with van der Waals surface area (Å²) in [6.45, 7) is 2.19. The molecular weight excluding hydrogens is 200 g/mol. The van der Waals surface area contributed by atoms with Crippen LogP contribution in [0.15, 0.2) is 34.9 Å². The Balaban J connectivity index is 2.32. The van der Waals surface area contributed by atoms with Gasteiger partial charge in [0.1, 0.15) is 5.58 Å². The highest BCUT2D eigenvalue weighted by Crippen LogP contribution is 2.30. The van der Waals surface area contributed by atoms with Crippen LogP contribution in [0, 0.1) is 0 Å². The Labute approximate surface area is 96.2 Å². The molecule has 1 atom stereocenters. The summed E-state index contributed by atoms with van der Waals surface area (Å²) in [7, 11) is 1.77. The van der Waals surface area contributed by atoms with Crippen LogP contribution in [0.5, 0.6) is 0 Å². The number of rotatable bonds is 5. The highest BCUT2D eigenvalue weighted by molar-refractivity contribution is 5.80. The number of furan rings is 1. The van der Waals surface area contributed by atoms with Gasteiger partial charge in [-0.05, 0) is 12.5 Å². The van der Waals surface area contributed by atoms with Crippen LogP contribution in [-0.2, 0) is 4.74 Å². The lowest BCUT2D eigenvalue weighted by Gasteiger charge is -2.15. The number of fused-ring (bicyclic) bond motifs is 1. The maximum atomic E-state index is 5.56. The van der Waals surface area contributed by atoms with Crippen molar-refractivity contribution in [3.8, 4) is 0 Å². The first-order valence-electron chi connectivity index (χ1n) is 5.85. The summed E-state index contributed by atoms with van der Waals surface area (Å²) < 4.78 is 11.1. The van der Waals surface area contributed by atoms with E-state index in [1.54, 1.807) is 13.4 Å². The van der Waals surface area contributed by atoms with Crippen LogP contribution in [-0.4, -0.2) is 7.11 Å². The highest BCUT2D eigenvalue weighted by Gasteiger charge is 2.14. The molecule has 0 spiro atoms. The smallest absolute Gasteiger partial charge is 0.139 e. The van der Waals surface area contributed by atoms with E-state index in [-0.39, 0.29) is 6.10 Å². The van der Waals surface area contributed by atoms with Crippen LogP contribution in [0.1, 0.15) is 37.9 Å². The molecule has 1 aromatic heterocycles. The lowest BCUT2D eigenvalue weighted by molar-refractivity contribution is 0.0940. The molecule has 0 bridgehead atoms. The molecule has 0 radical (unpaired) electrons. The molecule has 2 aromatic rings. The fourth-order valence-electron chi connectivity index (χ4n) is 2.06. The van der Waals surface area contributed by atoms with E-state index in [1.165, 1.54) is 18.4 Å². The van der Waals surface area contributed by atoms with E-state index >= 15 is 0 Å². The van der Waals surface area contributed by atoms with Crippen molar-refractivity contribution in [3.05, 3.63) is 36.1 Å². The Hall–Kier alpha value is -1.28. The van der Waals surface area contributed by atoms with E-state index in [9.17, 15) is 0 Å². The van der Waals surface area contributed by atoms with Crippen molar-refractivity contribution >= 4 is 11.0 Å². The minimum absolute atomic E-state index is 0.148. The lowest BCUT2D eigenvalue weighted by Crippen LogP contribution is -2.01. The van der Waals surface area contributed by atoms with Crippen molar-refractivity contribution in [2.24, 2.45) is 0 Å². The van der Waals surface area contributed by atoms with E-state index in [2.05, 4.69) is 25.1 Å². The minimum Gasteiger partial charge on any atom is -0.464 e. The minimum atomic E-state index is 0.148. The molecule has 1 aromatic carbocycles. The van der Waals surface area contributed by atoms with Crippen LogP contribution in [0.4, 0.5) is 0 Å². The van der Waals surface area contributed by atoms with Crippen molar-refractivity contribution in [2.45, 2.75) is 32.3 Å². The fraction of sp³-hybridized carbons (Fsp3) is 0.429. The van der Waals surface area contributed by atoms with Gasteiger partial charge in [-0.3, -0.25) is 0 Å². The second kappa shape index (κ2) is 5.17. The molecule has 0 aliphatic carbocycles. The van der Waals surface area contributed by atoms with Crippen molar-refractivity contribution in [2.75, 3.05) is 7.11 Å². The van der Waals surface area contributed by atoms with Gasteiger partial charge in [0.15, 0.2) is 0 Å². The zero-order chi connectivity index (χ0) is 11.4. The number of unbranched alkanes of at least 4 members (excludes halogenated alkanes) is 1. The molecule has 0 amide bonds. The largest absolute Gasteiger partial charge is 0.464 e. The number of methoxy groups -OCH3 is 1. The van der Waals surface area contributed by atoms with Gasteiger partial charge in [-0.2, -0.15) is 0 Å². The van der Waals surface area contributed by atoms with Crippen molar-refractivity contribution in [3.63, 3.8) is 0 Å². The zero-order valence-corrected chi connectivity index (χ0v) is 9.90. The molecule has 2 heteroatoms. The summed E-state index contributed by atoms with van der Waals surface area (Å²) in [6, 6.07) is 8.21. The van der Waals surface area contributed by atoms with Gasteiger partial charge in [-0.15, -0.1) is 0 Å². The molecular formula is C14H18O2. The molecule has 0 saturated carbocycles. The fourth-order valence-corrected chi connectivity index (χ4v) is 2.06. The number of hydrogen-bond donors (Lipinski definition) is 0. The molecule has 0 aliphatic heterocycles. The molecule has 1 unspecified atom stereocenters. The molecule has 0 aliphatic rings. The summed E-state index contributed by atoms with van der Waals surface area (Å²) in [5, 5.41) is 1.15. The molecule has 0 N–H and O–H groups in total. The number of hydrogen-bond acceptors (Lipinski definition) is 2. The number of benzene rings is 1. The molecule has 1 heterocycles. The summed E-state index contributed by atoms with van der Waals surface area (Å²) in [5.41, 5.74) is 2.13. The molecule has 86 valence electrons. The van der Waals surface area contributed by atoms with Crippen molar-refractivity contribution < 1.29 is 9.15 Å². The van der Waals surface area contributed by atoms with E-state index in [1.807, 2.05) is 6.07 Å². The maximum Gasteiger partial charge on any atom is 0.139 e. The predicted octanol–water partition coefficient (Wildman–Crippen LogP) is 4.31. The van der Waals surface area contributed by atoms with Crippen LogP contribution < -0.4 is 0 Å². The predicted molar refractivity (Wildman–Crippen MR) is 65.5 cm³/mol. The van der Waals surface area contributed by atoms with Crippen molar-refractivity contribution in [1.29, 1.82) is 0 Å². The first-order chi connectivity index (χ1) is 7.86. The molecule has 0 saturated heterocycles. The van der Waals surface area contributed by atoms with E-state index < -0.39 is 0 Å². The normalized spacial score (nSPS) is 13.1. The maximum absolute atomic E-state index is 5.56. The second-order valence-electron chi connectivity index (χ2n) is 4.05. The first kappa shape index (κ1) is 11.2. The van der Waals surface area contributed by atoms with Crippen LogP contribution in [0.25, 0.3) is 11.0 Å². The Kier molecular flexibility index (Phi) is 3.62. The van der Waals surface area contributed by atoms with E-state index in [0.29, 0.717) is 0 Å². The topological polar surface area (TPSA) is 22.4 Å². The first-order valence-corrected chi connectivity index (χ1v) is 5.85. The average molecular weight is 218 g/mol. The lowest BCUT2D eigenvalue weighted by atomic mass is 10.0. The number of para-hydroxylation sites is 1. The van der Waals surface area contributed by atoms with Gasteiger partial charge in [0, 0.05) is 18.1 Å². The van der Waals surface area contributed by atoms with E-state index in [0.717, 1.165) is 17.4 Å². The average Bonchev–Trinajstić information content (AvgIpc) is 2.78. The molecule has 0 fully saturated rings. The quantitative estimate of drug-likeness (QED) is 0.746. The van der Waals surface area contributed by atoms with Crippen LogP contribution in [0.3, 0.4) is 0 Å². The van der Waals surface area contributed by atoms with Crippen molar-refractivity contribution in [1.82, 2.24) is 0 Å². The SMILES string of the molecule is CCCCC(OC)c1cccc2ccoc12. The van der Waals surface area contributed by atoms with Gasteiger partial charge >= 0.3 is 0 Å². The van der Waals surface area contributed by atoms with Crippen LogP contribution >= 0.6 is 0 Å². The van der Waals surface area contributed by atoms with Gasteiger partial charge in [0.2, 0.25) is 0 Å². The number of ether oxygens (including phenoxy) is 1. The Morgan fingerprint density at radius 1 is 1.31 bits per heavy atom. The molecule has 16 heavy (non-hydrogen) atoms. The Morgan fingerprint density at radius 2 is 2.19 bits per heavy atom. The van der Waals surface area contributed by atoms with Gasteiger partial charge in [-0.25, -0.2) is 0 Å². The zero-order valence-electron chi connectivity index (χ0n) is 9.90. The Morgan fingerprint density at radius 3 is 2.94 bits per heavy atom. The van der Waals surface area contributed by atoms with Gasteiger partial charge in [-0.1, -0.05) is 38.0 Å². The Bertz CT molecular complexity index is 445. The van der Waals surface area contributed by atoms with Gasteiger partial charge < -0.3 is 9.15 Å². The standard InChI is InChI=1S/C14H18O2/c1-3-4-8-13(15-2)12-7-5-6-11-9-10-16-14(11)12/h5-7,9-10,13H,3-4,8H2,1-2H3. The molecule has 2 rings (SSSR count). The second-order valence-corrected chi connectivity index (χ2v) is 4.05. The third-order valence-corrected chi connectivity index (χ3v) is 2.96. The van der Waals surface area contributed by atoms with Gasteiger partial charge in [0.25, 0.3) is 0 Å². The highest BCUT2D eigenvalue weighted by atomic mass is 16.5. The van der Waals surface area contributed by atoms with E-state index in [4.69, 9.17) is 9.15 Å². The third-order valence-electron chi connectivity index (χ3n) is 2.96. The summed E-state index contributed by atoms with van der Waals surface area (Å²) >= 11 is 0. The molecule has 2 nitrogen and oxygen atoms in total. The monoisotopic (exact) mass is 218 g/mol. The summed E-state index contributed by atoms with van der Waals surface area (Å²) in [6.07, 6.45) is 5.30.